The highest BCUT2D eigenvalue weighted by molar-refractivity contribution is 5.33. The molecule has 0 saturated heterocycles. The molecule has 0 aliphatic carbocycles. The first kappa shape index (κ1) is 19.7. The molecule has 0 unspecified atom stereocenters. The Morgan fingerprint density at radius 2 is 1.35 bits per heavy atom. The predicted molar refractivity (Wildman–Crippen MR) is 69.5 cm³/mol. The Bertz CT molecular complexity index is 542. The Morgan fingerprint density at radius 1 is 0.913 bits per heavy atom. The molecule has 0 radical (unpaired) electrons. The fraction of sp³-hybridized carbons (Fsp3) is 0.571. The van der Waals surface area contributed by atoms with E-state index in [1.165, 1.54) is 30.0 Å². The molecule has 2 atom stereocenters. The van der Waals surface area contributed by atoms with Gasteiger partial charge in [-0.05, 0) is 32.1 Å². The Morgan fingerprint density at radius 3 is 1.74 bits per heavy atom. The van der Waals surface area contributed by atoms with E-state index in [2.05, 4.69) is 0 Å². The third kappa shape index (κ3) is 3.45. The van der Waals surface area contributed by atoms with Crippen molar-refractivity contribution in [1.29, 1.82) is 0 Å². The van der Waals surface area contributed by atoms with E-state index in [-0.39, 0.29) is 5.56 Å². The van der Waals surface area contributed by atoms with E-state index < -0.39 is 35.7 Å². The maximum Gasteiger partial charge on any atom is 0.459 e. The summed E-state index contributed by atoms with van der Waals surface area (Å²) in [5.41, 5.74) is -0.648. The van der Waals surface area contributed by atoms with Crippen molar-refractivity contribution in [2.45, 2.75) is 37.1 Å². The molecule has 0 aromatic heterocycles. The molecule has 0 bridgehead atoms. The smallest absolute Gasteiger partial charge is 0.382 e. The lowest BCUT2D eigenvalue weighted by molar-refractivity contribution is -0.372. The SMILES string of the molecule is C[C@@H](c1ccccc1[C@@H](O)C(F)(F)C(F)(F)C(F)(F)F)N(C)C. The molecule has 0 spiro atoms. The van der Waals surface area contributed by atoms with Gasteiger partial charge in [0.15, 0.2) is 0 Å². The Hall–Kier alpha value is -1.35. The van der Waals surface area contributed by atoms with Crippen molar-refractivity contribution in [2.24, 2.45) is 0 Å². The summed E-state index contributed by atoms with van der Waals surface area (Å²) in [4.78, 5) is 1.53. The summed E-state index contributed by atoms with van der Waals surface area (Å²) in [6.45, 7) is 1.53. The Kier molecular flexibility index (Phi) is 5.37. The van der Waals surface area contributed by atoms with Gasteiger partial charge >= 0.3 is 18.0 Å². The average Bonchev–Trinajstić information content (AvgIpc) is 2.44. The molecular formula is C14H16F7NO. The van der Waals surface area contributed by atoms with Crippen molar-refractivity contribution in [2.75, 3.05) is 14.1 Å². The number of rotatable bonds is 5. The fourth-order valence-electron chi connectivity index (χ4n) is 1.97. The van der Waals surface area contributed by atoms with Crippen LogP contribution in [0.15, 0.2) is 24.3 Å². The molecule has 1 N–H and O–H groups in total. The van der Waals surface area contributed by atoms with Gasteiger partial charge in [0.1, 0.15) is 6.10 Å². The van der Waals surface area contributed by atoms with E-state index in [4.69, 9.17) is 0 Å². The van der Waals surface area contributed by atoms with Crippen molar-refractivity contribution in [3.63, 3.8) is 0 Å². The zero-order valence-corrected chi connectivity index (χ0v) is 12.5. The number of aliphatic hydroxyl groups excluding tert-OH is 1. The average molecular weight is 347 g/mol. The minimum atomic E-state index is -6.49. The molecule has 1 aromatic rings. The molecule has 23 heavy (non-hydrogen) atoms. The summed E-state index contributed by atoms with van der Waals surface area (Å²) in [6, 6.07) is 4.18. The molecule has 0 fully saturated rings. The van der Waals surface area contributed by atoms with E-state index in [0.717, 1.165) is 6.07 Å². The van der Waals surface area contributed by atoms with Crippen LogP contribution in [0.25, 0.3) is 0 Å². The largest absolute Gasteiger partial charge is 0.459 e. The van der Waals surface area contributed by atoms with E-state index in [9.17, 15) is 35.8 Å². The topological polar surface area (TPSA) is 23.5 Å². The standard InChI is InChI=1S/C14H16F7NO/c1-8(22(2)3)9-6-4-5-7-10(9)11(23)12(15,16)13(17,18)14(19,20)21/h4-8,11,23H,1-3H3/t8-,11+/m0/s1. The third-order valence-electron chi connectivity index (χ3n) is 3.63. The van der Waals surface area contributed by atoms with Crippen LogP contribution in [0, 0.1) is 0 Å². The van der Waals surface area contributed by atoms with Gasteiger partial charge in [0.25, 0.3) is 0 Å². The molecule has 1 aromatic carbocycles. The molecular weight excluding hydrogens is 331 g/mol. The lowest BCUT2D eigenvalue weighted by Gasteiger charge is -2.33. The van der Waals surface area contributed by atoms with Gasteiger partial charge < -0.3 is 10.0 Å². The van der Waals surface area contributed by atoms with Crippen LogP contribution in [0.4, 0.5) is 30.7 Å². The van der Waals surface area contributed by atoms with Crippen LogP contribution in [0.2, 0.25) is 0 Å². The summed E-state index contributed by atoms with van der Waals surface area (Å²) >= 11 is 0. The molecule has 0 saturated carbocycles. The maximum absolute atomic E-state index is 13.7. The summed E-state index contributed by atoms with van der Waals surface area (Å²) < 4.78 is 90.3. The first-order chi connectivity index (χ1) is 10.2. The van der Waals surface area contributed by atoms with E-state index in [1.807, 2.05) is 0 Å². The first-order valence-corrected chi connectivity index (χ1v) is 6.50. The molecule has 0 heterocycles. The lowest BCUT2D eigenvalue weighted by Crippen LogP contribution is -2.55. The van der Waals surface area contributed by atoms with Gasteiger partial charge in [-0.3, -0.25) is 0 Å². The first-order valence-electron chi connectivity index (χ1n) is 6.50. The zero-order valence-electron chi connectivity index (χ0n) is 12.5. The Balaban J connectivity index is 3.37. The number of aliphatic hydroxyl groups is 1. The van der Waals surface area contributed by atoms with Crippen molar-refractivity contribution < 1.29 is 35.8 Å². The van der Waals surface area contributed by atoms with E-state index >= 15 is 0 Å². The molecule has 1 rings (SSSR count). The van der Waals surface area contributed by atoms with Crippen LogP contribution in [0.1, 0.15) is 30.2 Å². The van der Waals surface area contributed by atoms with Crippen LogP contribution < -0.4 is 0 Å². The van der Waals surface area contributed by atoms with Gasteiger partial charge in [-0.25, -0.2) is 0 Å². The summed E-state index contributed by atoms with van der Waals surface area (Å²) in [5.74, 6) is -12.1. The second kappa shape index (κ2) is 6.27. The van der Waals surface area contributed by atoms with Gasteiger partial charge in [0.05, 0.1) is 0 Å². The van der Waals surface area contributed by atoms with Crippen LogP contribution in [0.3, 0.4) is 0 Å². The minimum absolute atomic E-state index is 0.0302. The fourth-order valence-corrected chi connectivity index (χ4v) is 1.97. The van der Waals surface area contributed by atoms with Crippen molar-refractivity contribution in [1.82, 2.24) is 4.90 Å². The second-order valence-corrected chi connectivity index (χ2v) is 5.37. The number of halogens is 7. The number of alkyl halides is 7. The predicted octanol–water partition coefficient (Wildman–Crippen LogP) is 4.18. The molecule has 9 heteroatoms. The summed E-state index contributed by atoms with van der Waals surface area (Å²) in [7, 11) is 3.13. The molecule has 0 aliphatic heterocycles. The van der Waals surface area contributed by atoms with E-state index in [0.29, 0.717) is 0 Å². The molecule has 0 amide bonds. The Labute approximate surface area is 128 Å². The van der Waals surface area contributed by atoms with Crippen LogP contribution in [0.5, 0.6) is 0 Å². The van der Waals surface area contributed by atoms with E-state index in [1.54, 1.807) is 14.1 Å². The minimum Gasteiger partial charge on any atom is -0.382 e. The zero-order chi connectivity index (χ0) is 18.2. The van der Waals surface area contributed by atoms with Crippen LogP contribution >= 0.6 is 0 Å². The highest BCUT2D eigenvalue weighted by Gasteiger charge is 2.75. The number of hydrogen-bond acceptors (Lipinski definition) is 2. The van der Waals surface area contributed by atoms with Crippen LogP contribution in [-0.2, 0) is 0 Å². The molecule has 132 valence electrons. The van der Waals surface area contributed by atoms with Crippen molar-refractivity contribution >= 4 is 0 Å². The highest BCUT2D eigenvalue weighted by atomic mass is 19.4. The van der Waals surface area contributed by atoms with Gasteiger partial charge in [0, 0.05) is 6.04 Å². The van der Waals surface area contributed by atoms with Crippen molar-refractivity contribution in [3.05, 3.63) is 35.4 Å². The third-order valence-corrected chi connectivity index (χ3v) is 3.63. The maximum atomic E-state index is 13.7. The lowest BCUT2D eigenvalue weighted by atomic mass is 9.91. The van der Waals surface area contributed by atoms with Crippen molar-refractivity contribution in [3.8, 4) is 0 Å². The van der Waals surface area contributed by atoms with Gasteiger partial charge in [-0.2, -0.15) is 30.7 Å². The highest BCUT2D eigenvalue weighted by Crippen LogP contribution is 2.52. The number of hydrogen-bond donors (Lipinski definition) is 1. The monoisotopic (exact) mass is 347 g/mol. The normalized spacial score (nSPS) is 16.5. The van der Waals surface area contributed by atoms with Gasteiger partial charge in [-0.15, -0.1) is 0 Å². The summed E-state index contributed by atoms with van der Waals surface area (Å²) in [6.07, 6.45) is -9.79. The quantitative estimate of drug-likeness (QED) is 0.808. The number of nitrogens with zero attached hydrogens (tertiary/aromatic N) is 1. The summed E-state index contributed by atoms with van der Waals surface area (Å²) in [5, 5.41) is 9.61. The molecule has 2 nitrogen and oxygen atoms in total. The molecule has 0 aliphatic rings. The van der Waals surface area contributed by atoms with Gasteiger partial charge in [-0.1, -0.05) is 24.3 Å². The second-order valence-electron chi connectivity index (χ2n) is 5.37. The van der Waals surface area contributed by atoms with Crippen LogP contribution in [-0.4, -0.2) is 42.1 Å². The van der Waals surface area contributed by atoms with Gasteiger partial charge in [0.2, 0.25) is 0 Å². The number of benzene rings is 1.